The van der Waals surface area contributed by atoms with Gasteiger partial charge in [-0.3, -0.25) is 4.79 Å². The second kappa shape index (κ2) is 5.24. The lowest BCUT2D eigenvalue weighted by molar-refractivity contribution is -0.114. The fourth-order valence-electron chi connectivity index (χ4n) is 0.515. The smallest absolute Gasteiger partial charge is 0.155 e. The predicted octanol–water partition coefficient (Wildman–Crippen LogP) is 2.66. The molecule has 0 atom stereocenters. The first-order valence-electron chi connectivity index (χ1n) is 3.14. The van der Waals surface area contributed by atoms with Crippen LogP contribution in [0.2, 0.25) is 0 Å². The molecule has 0 aromatic rings. The van der Waals surface area contributed by atoms with E-state index in [0.29, 0.717) is 12.8 Å². The normalized spacial score (nSPS) is 11.2. The number of carbonyl (C=O) groups excluding carboxylic acids is 1. The maximum Gasteiger partial charge on any atom is 0.155 e. The first-order chi connectivity index (χ1) is 4.66. The first kappa shape index (κ1) is 9.44. The average Bonchev–Trinajstić information content (AvgIpc) is 1.87. The van der Waals surface area contributed by atoms with E-state index in [1.807, 2.05) is 6.08 Å². The van der Waals surface area contributed by atoms with Gasteiger partial charge in [0.05, 0.1) is 0 Å². The van der Waals surface area contributed by atoms with Gasteiger partial charge in [0.25, 0.3) is 0 Å². The molecule has 0 unspecified atom stereocenters. The zero-order chi connectivity index (χ0) is 7.98. The lowest BCUT2D eigenvalue weighted by atomic mass is 10.2. The molecule has 0 aromatic carbocycles. The highest BCUT2D eigenvalue weighted by molar-refractivity contribution is 6.29. The molecule has 0 aliphatic heterocycles. The molecule has 0 saturated heterocycles. The molecule has 0 aromatic heterocycles. The standard InChI is InChI=1S/C8H11ClO/c1-3-8(10)6-4-5-7(2)9/h3,5H,1,4,6H2,2H3/b7-5-. The minimum absolute atomic E-state index is 0.0640. The molecular weight excluding hydrogens is 148 g/mol. The lowest BCUT2D eigenvalue weighted by Crippen LogP contribution is -1.88. The Balaban J connectivity index is 3.46. The molecule has 0 aliphatic rings. The summed E-state index contributed by atoms with van der Waals surface area (Å²) in [4.78, 5) is 10.6. The summed E-state index contributed by atoms with van der Waals surface area (Å²) in [6.45, 7) is 5.15. The summed E-state index contributed by atoms with van der Waals surface area (Å²) in [6.07, 6.45) is 4.37. The summed E-state index contributed by atoms with van der Waals surface area (Å²) in [7, 11) is 0. The Labute approximate surface area is 66.4 Å². The van der Waals surface area contributed by atoms with Crippen molar-refractivity contribution in [3.05, 3.63) is 23.8 Å². The van der Waals surface area contributed by atoms with Crippen LogP contribution in [0.4, 0.5) is 0 Å². The van der Waals surface area contributed by atoms with Crippen molar-refractivity contribution in [1.29, 1.82) is 0 Å². The number of carbonyl (C=O) groups is 1. The summed E-state index contributed by atoms with van der Waals surface area (Å²) in [6, 6.07) is 0. The van der Waals surface area contributed by atoms with Crippen molar-refractivity contribution in [1.82, 2.24) is 0 Å². The van der Waals surface area contributed by atoms with Crippen molar-refractivity contribution >= 4 is 17.4 Å². The number of hydrogen-bond acceptors (Lipinski definition) is 1. The van der Waals surface area contributed by atoms with Crippen LogP contribution in [0.3, 0.4) is 0 Å². The number of hydrogen-bond donors (Lipinski definition) is 0. The quantitative estimate of drug-likeness (QED) is 0.575. The van der Waals surface area contributed by atoms with Gasteiger partial charge in [-0.05, 0) is 19.4 Å². The SMILES string of the molecule is C=CC(=O)CC/C=C(/C)Cl. The van der Waals surface area contributed by atoms with E-state index in [1.54, 1.807) is 6.92 Å². The van der Waals surface area contributed by atoms with Crippen molar-refractivity contribution in [3.8, 4) is 0 Å². The zero-order valence-electron chi connectivity index (χ0n) is 6.06. The molecule has 0 fully saturated rings. The van der Waals surface area contributed by atoms with Gasteiger partial charge >= 0.3 is 0 Å². The Kier molecular flexibility index (Phi) is 4.95. The number of rotatable bonds is 4. The highest BCUT2D eigenvalue weighted by Crippen LogP contribution is 2.02. The Morgan fingerprint density at radius 2 is 2.30 bits per heavy atom. The Morgan fingerprint density at radius 1 is 1.70 bits per heavy atom. The third-order valence-electron chi connectivity index (χ3n) is 1.04. The van der Waals surface area contributed by atoms with Crippen molar-refractivity contribution in [3.63, 3.8) is 0 Å². The monoisotopic (exact) mass is 158 g/mol. The molecule has 0 aliphatic carbocycles. The Hall–Kier alpha value is -0.560. The molecule has 10 heavy (non-hydrogen) atoms. The second-order valence-electron chi connectivity index (χ2n) is 2.00. The van der Waals surface area contributed by atoms with Crippen LogP contribution in [0.1, 0.15) is 19.8 Å². The van der Waals surface area contributed by atoms with Gasteiger partial charge in [-0.25, -0.2) is 0 Å². The van der Waals surface area contributed by atoms with E-state index < -0.39 is 0 Å². The van der Waals surface area contributed by atoms with Crippen molar-refractivity contribution in [2.75, 3.05) is 0 Å². The number of ketones is 1. The maximum atomic E-state index is 10.6. The zero-order valence-corrected chi connectivity index (χ0v) is 6.82. The molecule has 0 spiro atoms. The molecule has 0 heterocycles. The van der Waals surface area contributed by atoms with E-state index in [0.717, 1.165) is 5.03 Å². The molecule has 2 heteroatoms. The molecule has 0 radical (unpaired) electrons. The van der Waals surface area contributed by atoms with Gasteiger partial charge in [-0.15, -0.1) is 0 Å². The Bertz CT molecular complexity index is 155. The van der Waals surface area contributed by atoms with Crippen LogP contribution in [0, 0.1) is 0 Å². The van der Waals surface area contributed by atoms with Crippen molar-refractivity contribution in [2.45, 2.75) is 19.8 Å². The fraction of sp³-hybridized carbons (Fsp3) is 0.375. The Morgan fingerprint density at radius 3 is 2.70 bits per heavy atom. The highest BCUT2D eigenvalue weighted by Gasteiger charge is 1.91. The summed E-state index contributed by atoms with van der Waals surface area (Å²) in [5.74, 6) is 0.0640. The van der Waals surface area contributed by atoms with Crippen LogP contribution in [-0.4, -0.2) is 5.78 Å². The van der Waals surface area contributed by atoms with E-state index in [9.17, 15) is 4.79 Å². The van der Waals surface area contributed by atoms with Gasteiger partial charge in [-0.1, -0.05) is 24.3 Å². The van der Waals surface area contributed by atoms with Crippen molar-refractivity contribution in [2.24, 2.45) is 0 Å². The molecular formula is C8H11ClO. The molecule has 0 N–H and O–H groups in total. The minimum Gasteiger partial charge on any atom is -0.295 e. The van der Waals surface area contributed by atoms with Gasteiger partial charge in [0.15, 0.2) is 5.78 Å². The van der Waals surface area contributed by atoms with Gasteiger partial charge < -0.3 is 0 Å². The fourth-order valence-corrected chi connectivity index (χ4v) is 0.624. The summed E-state index contributed by atoms with van der Waals surface area (Å²) < 4.78 is 0. The second-order valence-corrected chi connectivity index (χ2v) is 2.60. The molecule has 56 valence electrons. The first-order valence-corrected chi connectivity index (χ1v) is 3.52. The molecule has 0 rings (SSSR count). The molecule has 0 bridgehead atoms. The summed E-state index contributed by atoms with van der Waals surface area (Å²) in [5.41, 5.74) is 0. The lowest BCUT2D eigenvalue weighted by Gasteiger charge is -1.88. The van der Waals surface area contributed by atoms with Crippen LogP contribution >= 0.6 is 11.6 Å². The highest BCUT2D eigenvalue weighted by atomic mass is 35.5. The van der Waals surface area contributed by atoms with E-state index >= 15 is 0 Å². The maximum absolute atomic E-state index is 10.6. The number of allylic oxidation sites excluding steroid dienone is 3. The van der Waals surface area contributed by atoms with Crippen LogP contribution in [0.15, 0.2) is 23.8 Å². The van der Waals surface area contributed by atoms with Crippen molar-refractivity contribution < 1.29 is 4.79 Å². The topological polar surface area (TPSA) is 17.1 Å². The van der Waals surface area contributed by atoms with E-state index in [1.165, 1.54) is 6.08 Å². The van der Waals surface area contributed by atoms with Gasteiger partial charge in [0, 0.05) is 11.5 Å². The van der Waals surface area contributed by atoms with Crippen LogP contribution < -0.4 is 0 Å². The van der Waals surface area contributed by atoms with Gasteiger partial charge in [0.2, 0.25) is 0 Å². The average molecular weight is 159 g/mol. The summed E-state index contributed by atoms with van der Waals surface area (Å²) in [5, 5.41) is 0.733. The van der Waals surface area contributed by atoms with Crippen LogP contribution in [-0.2, 0) is 4.79 Å². The predicted molar refractivity (Wildman–Crippen MR) is 44.0 cm³/mol. The van der Waals surface area contributed by atoms with Crippen LogP contribution in [0.5, 0.6) is 0 Å². The van der Waals surface area contributed by atoms with E-state index in [2.05, 4.69) is 6.58 Å². The van der Waals surface area contributed by atoms with Gasteiger partial charge in [-0.2, -0.15) is 0 Å². The molecule has 0 amide bonds. The molecule has 0 saturated carbocycles. The van der Waals surface area contributed by atoms with Crippen LogP contribution in [0.25, 0.3) is 0 Å². The third-order valence-corrected chi connectivity index (χ3v) is 1.20. The molecule has 1 nitrogen and oxygen atoms in total. The largest absolute Gasteiger partial charge is 0.295 e. The van der Waals surface area contributed by atoms with Gasteiger partial charge in [0.1, 0.15) is 0 Å². The third kappa shape index (κ3) is 5.57. The van der Waals surface area contributed by atoms with E-state index in [4.69, 9.17) is 11.6 Å². The summed E-state index contributed by atoms with van der Waals surface area (Å²) >= 11 is 5.53. The minimum atomic E-state index is 0.0640. The number of halogens is 1. The van der Waals surface area contributed by atoms with E-state index in [-0.39, 0.29) is 5.78 Å².